The highest BCUT2D eigenvalue weighted by Gasteiger charge is 2.29. The number of nitrogen functional groups attached to an aromatic ring is 1. The largest absolute Gasteiger partial charge is 0.397 e. The fraction of sp³-hybridized carbons (Fsp3) is 0.520. The highest BCUT2D eigenvalue weighted by molar-refractivity contribution is 5.97. The predicted octanol–water partition coefficient (Wildman–Crippen LogP) is 1.53. The molecule has 3 fully saturated rings. The molecule has 0 aromatic carbocycles. The van der Waals surface area contributed by atoms with Crippen molar-refractivity contribution in [1.29, 1.82) is 0 Å². The number of pyridine rings is 1. The zero-order chi connectivity index (χ0) is 25.2. The van der Waals surface area contributed by atoms with E-state index in [-0.39, 0.29) is 53.0 Å². The van der Waals surface area contributed by atoms with E-state index in [0.717, 1.165) is 37.8 Å². The number of aromatic nitrogens is 3. The molecule has 190 valence electrons. The smallest absolute Gasteiger partial charge is 0.272 e. The van der Waals surface area contributed by atoms with Crippen LogP contribution in [0, 0.1) is 0 Å². The van der Waals surface area contributed by atoms with Crippen molar-refractivity contribution >= 4 is 29.1 Å². The average Bonchev–Trinajstić information content (AvgIpc) is 3.36. The van der Waals surface area contributed by atoms with Crippen molar-refractivity contribution < 1.29 is 19.1 Å². The lowest BCUT2D eigenvalue weighted by Gasteiger charge is -2.33. The molecule has 5 heterocycles. The Morgan fingerprint density at radius 1 is 1.00 bits per heavy atom. The van der Waals surface area contributed by atoms with Crippen molar-refractivity contribution in [3.05, 3.63) is 41.1 Å². The van der Waals surface area contributed by atoms with Crippen LogP contribution in [-0.4, -0.2) is 76.3 Å². The minimum Gasteiger partial charge on any atom is -0.397 e. The van der Waals surface area contributed by atoms with Gasteiger partial charge in [0.1, 0.15) is 11.5 Å². The number of anilines is 2. The summed E-state index contributed by atoms with van der Waals surface area (Å²) in [5.41, 5.74) is 12.6. The molecular weight excluding hydrogens is 462 g/mol. The molecule has 3 aliphatic heterocycles. The molecule has 4 N–H and O–H groups in total. The molecule has 5 rings (SSSR count). The molecule has 3 aliphatic rings. The third-order valence-electron chi connectivity index (χ3n) is 7.18. The fourth-order valence-corrected chi connectivity index (χ4v) is 4.93. The van der Waals surface area contributed by atoms with Crippen LogP contribution in [0.5, 0.6) is 0 Å². The number of Topliss-reactive ketones (excluding diaryl/α,β-unsaturated/α-hetero) is 1. The van der Waals surface area contributed by atoms with Gasteiger partial charge >= 0.3 is 0 Å². The number of amides is 2. The van der Waals surface area contributed by atoms with Crippen LogP contribution in [0.3, 0.4) is 0 Å². The van der Waals surface area contributed by atoms with Gasteiger partial charge in [0.05, 0.1) is 11.8 Å². The molecule has 0 spiro atoms. The van der Waals surface area contributed by atoms with Gasteiger partial charge in [-0.2, -0.15) is 0 Å². The summed E-state index contributed by atoms with van der Waals surface area (Å²) in [6.45, 7) is 3.36. The maximum Gasteiger partial charge on any atom is 0.272 e. The summed E-state index contributed by atoms with van der Waals surface area (Å²) in [6.07, 6.45) is 4.37. The van der Waals surface area contributed by atoms with Crippen molar-refractivity contribution in [1.82, 2.24) is 19.9 Å². The van der Waals surface area contributed by atoms with Gasteiger partial charge in [-0.05, 0) is 44.2 Å². The van der Waals surface area contributed by atoms with Crippen molar-refractivity contribution in [3.63, 3.8) is 0 Å². The first kappa shape index (κ1) is 24.1. The lowest BCUT2D eigenvalue weighted by Crippen LogP contribution is -2.42. The summed E-state index contributed by atoms with van der Waals surface area (Å²) >= 11 is 0. The first-order chi connectivity index (χ1) is 17.4. The van der Waals surface area contributed by atoms with Gasteiger partial charge in [-0.25, -0.2) is 15.0 Å². The van der Waals surface area contributed by atoms with Gasteiger partial charge in [0.2, 0.25) is 5.78 Å². The van der Waals surface area contributed by atoms with Gasteiger partial charge < -0.3 is 26.0 Å². The molecule has 0 aliphatic carbocycles. The van der Waals surface area contributed by atoms with Crippen molar-refractivity contribution in [2.75, 3.05) is 43.4 Å². The Labute approximate surface area is 209 Å². The second-order valence-electron chi connectivity index (χ2n) is 9.64. The van der Waals surface area contributed by atoms with Gasteiger partial charge in [0.25, 0.3) is 11.8 Å². The second kappa shape index (κ2) is 10.2. The Morgan fingerprint density at radius 3 is 2.42 bits per heavy atom. The van der Waals surface area contributed by atoms with Crippen LogP contribution in [0.15, 0.2) is 18.2 Å². The number of ether oxygens (including phenoxy) is 1. The van der Waals surface area contributed by atoms with E-state index in [2.05, 4.69) is 19.9 Å². The minimum absolute atomic E-state index is 0.0697. The summed E-state index contributed by atoms with van der Waals surface area (Å²) in [5.74, 6) is -0.249. The number of piperidine rings is 1. The van der Waals surface area contributed by atoms with E-state index >= 15 is 0 Å². The molecule has 11 nitrogen and oxygen atoms in total. The molecule has 1 atom stereocenters. The Bertz CT molecular complexity index is 1170. The number of nitrogens with zero attached hydrogens (tertiary/aromatic N) is 5. The number of ketones is 1. The third kappa shape index (κ3) is 5.01. The lowest BCUT2D eigenvalue weighted by atomic mass is 9.92. The molecule has 2 aromatic heterocycles. The zero-order valence-electron chi connectivity index (χ0n) is 20.2. The number of likely N-dealkylation sites (tertiary alicyclic amines) is 1. The summed E-state index contributed by atoms with van der Waals surface area (Å²) in [4.78, 5) is 54.8. The van der Waals surface area contributed by atoms with E-state index in [1.54, 1.807) is 17.0 Å². The number of rotatable bonds is 7. The molecule has 36 heavy (non-hydrogen) atoms. The fourth-order valence-electron chi connectivity index (χ4n) is 4.93. The third-order valence-corrected chi connectivity index (χ3v) is 7.18. The summed E-state index contributed by atoms with van der Waals surface area (Å²) in [6, 6.07) is 5.19. The van der Waals surface area contributed by atoms with Crippen LogP contribution < -0.4 is 16.4 Å². The Balaban J connectivity index is 1.34. The SMILES string of the molecule is NC(=O)c1nc(C2CCN(c3cc(C(=O)N4CCC4)nc(C(=O)C[C@H]4CCCO4)n3)CC2)ccc1N. The molecular formula is C25H31N7O4. The van der Waals surface area contributed by atoms with Crippen LogP contribution in [0.1, 0.15) is 81.7 Å². The van der Waals surface area contributed by atoms with Crippen LogP contribution in [0.2, 0.25) is 0 Å². The highest BCUT2D eigenvalue weighted by atomic mass is 16.5. The molecule has 3 saturated heterocycles. The summed E-state index contributed by atoms with van der Waals surface area (Å²) in [5, 5.41) is 0. The van der Waals surface area contributed by atoms with E-state index in [1.165, 1.54) is 0 Å². The Morgan fingerprint density at radius 2 is 1.78 bits per heavy atom. The molecule has 0 unspecified atom stereocenters. The molecule has 0 radical (unpaired) electrons. The lowest BCUT2D eigenvalue weighted by molar-refractivity contribution is 0.0645. The van der Waals surface area contributed by atoms with Gasteiger partial charge in [-0.3, -0.25) is 14.4 Å². The van der Waals surface area contributed by atoms with E-state index in [0.29, 0.717) is 38.6 Å². The van der Waals surface area contributed by atoms with Crippen LogP contribution >= 0.6 is 0 Å². The number of hydrogen-bond donors (Lipinski definition) is 2. The molecule has 0 saturated carbocycles. The molecule has 11 heteroatoms. The first-order valence-corrected chi connectivity index (χ1v) is 12.5. The number of primary amides is 1. The van der Waals surface area contributed by atoms with Crippen molar-refractivity contribution in [2.45, 2.75) is 50.5 Å². The maximum absolute atomic E-state index is 13.0. The first-order valence-electron chi connectivity index (χ1n) is 12.5. The molecule has 2 aromatic rings. The van der Waals surface area contributed by atoms with Crippen LogP contribution in [0.25, 0.3) is 0 Å². The number of carbonyl (C=O) groups is 3. The number of nitrogens with two attached hydrogens (primary N) is 2. The highest BCUT2D eigenvalue weighted by Crippen LogP contribution is 2.30. The average molecular weight is 494 g/mol. The van der Waals surface area contributed by atoms with Gasteiger partial charge in [0, 0.05) is 56.9 Å². The van der Waals surface area contributed by atoms with Crippen LogP contribution in [-0.2, 0) is 4.74 Å². The quantitative estimate of drug-likeness (QED) is 0.546. The Hall–Kier alpha value is -3.60. The topological polar surface area (TPSA) is 158 Å². The summed E-state index contributed by atoms with van der Waals surface area (Å²) < 4.78 is 5.61. The maximum atomic E-state index is 13.0. The normalized spacial score (nSPS) is 20.3. The molecule has 0 bridgehead atoms. The van der Waals surface area contributed by atoms with E-state index < -0.39 is 5.91 Å². The van der Waals surface area contributed by atoms with Crippen molar-refractivity contribution in [3.8, 4) is 0 Å². The summed E-state index contributed by atoms with van der Waals surface area (Å²) in [7, 11) is 0. The Kier molecular flexibility index (Phi) is 6.82. The van der Waals surface area contributed by atoms with Gasteiger partial charge in [-0.1, -0.05) is 0 Å². The van der Waals surface area contributed by atoms with E-state index in [4.69, 9.17) is 16.2 Å². The monoisotopic (exact) mass is 493 g/mol. The van der Waals surface area contributed by atoms with Crippen LogP contribution in [0.4, 0.5) is 11.5 Å². The number of hydrogen-bond acceptors (Lipinski definition) is 9. The minimum atomic E-state index is -0.646. The second-order valence-corrected chi connectivity index (χ2v) is 9.64. The zero-order valence-corrected chi connectivity index (χ0v) is 20.2. The van der Waals surface area contributed by atoms with Gasteiger partial charge in [0.15, 0.2) is 11.5 Å². The van der Waals surface area contributed by atoms with E-state index in [9.17, 15) is 14.4 Å². The van der Waals surface area contributed by atoms with E-state index in [1.807, 2.05) is 6.07 Å². The standard InChI is InChI=1S/C25H31N7O4/c26-17-4-5-18(28-22(17)23(27)34)15-6-10-31(11-7-15)21-14-19(25(35)32-8-2-9-32)29-24(30-21)20(33)13-16-3-1-12-36-16/h4-5,14-16H,1-3,6-13,26H2,(H2,27,34)/t16-/m1/s1. The molecule has 2 amide bonds. The van der Waals surface area contributed by atoms with Crippen molar-refractivity contribution in [2.24, 2.45) is 5.73 Å². The predicted molar refractivity (Wildman–Crippen MR) is 132 cm³/mol. The number of carbonyl (C=O) groups excluding carboxylic acids is 3. The van der Waals surface area contributed by atoms with Gasteiger partial charge in [-0.15, -0.1) is 0 Å².